The Morgan fingerprint density at radius 2 is 1.60 bits per heavy atom. The lowest BCUT2D eigenvalue weighted by atomic mass is 9.98. The average molecular weight is 539 g/mol. The van der Waals surface area contributed by atoms with Gasteiger partial charge < -0.3 is 20.3 Å². The lowest BCUT2D eigenvalue weighted by Crippen LogP contribution is -2.41. The Hall–Kier alpha value is -3.69. The highest BCUT2D eigenvalue weighted by Gasteiger charge is 2.29. The van der Waals surface area contributed by atoms with Crippen LogP contribution in [0, 0.1) is 0 Å². The van der Waals surface area contributed by atoms with Crippen molar-refractivity contribution < 1.29 is 29.3 Å². The van der Waals surface area contributed by atoms with Crippen LogP contribution in [0.5, 0.6) is 0 Å². The molecule has 1 atom stereocenters. The second-order valence-corrected chi connectivity index (χ2v) is 8.97. The highest BCUT2D eigenvalue weighted by atomic mass is 79.9. The molecule has 8 nitrogen and oxygen atoms in total. The van der Waals surface area contributed by atoms with E-state index in [1.807, 2.05) is 36.4 Å². The van der Waals surface area contributed by atoms with Crippen LogP contribution < -0.4 is 10.6 Å². The van der Waals surface area contributed by atoms with Gasteiger partial charge in [0.1, 0.15) is 12.6 Å². The van der Waals surface area contributed by atoms with E-state index in [1.54, 1.807) is 6.07 Å². The number of aliphatic carboxylic acids is 1. The maximum Gasteiger partial charge on any atom is 0.411 e. The topological polar surface area (TPSA) is 125 Å². The average Bonchev–Trinajstić information content (AvgIpc) is 3.15. The number of fused-ring (bicyclic) bond motifs is 3. The number of carboxylic acids is 1. The van der Waals surface area contributed by atoms with Gasteiger partial charge in [0, 0.05) is 34.7 Å². The van der Waals surface area contributed by atoms with E-state index >= 15 is 0 Å². The Morgan fingerprint density at radius 1 is 0.971 bits per heavy atom. The minimum atomic E-state index is -1.25. The van der Waals surface area contributed by atoms with Gasteiger partial charge in [-0.3, -0.25) is 10.1 Å². The van der Waals surface area contributed by atoms with Crippen LogP contribution in [-0.4, -0.2) is 47.4 Å². The van der Waals surface area contributed by atoms with Crippen LogP contribution >= 0.6 is 15.9 Å². The number of hydrogen-bond acceptors (Lipinski definition) is 5. The summed E-state index contributed by atoms with van der Waals surface area (Å²) >= 11 is 3.30. The molecule has 9 heteroatoms. The molecule has 0 unspecified atom stereocenters. The second-order valence-electron chi connectivity index (χ2n) is 8.06. The van der Waals surface area contributed by atoms with Gasteiger partial charge in [-0.05, 0) is 40.5 Å². The predicted octanol–water partition coefficient (Wildman–Crippen LogP) is 4.38. The monoisotopic (exact) mass is 538 g/mol. The van der Waals surface area contributed by atoms with Crippen LogP contribution in [0.4, 0.5) is 10.5 Å². The first-order chi connectivity index (χ1) is 16.9. The molecule has 0 aliphatic heterocycles. The van der Waals surface area contributed by atoms with Crippen molar-refractivity contribution in [3.63, 3.8) is 0 Å². The summed E-state index contributed by atoms with van der Waals surface area (Å²) in [6.45, 7) is -0.243. The summed E-state index contributed by atoms with van der Waals surface area (Å²) in [5.74, 6) is -1.99. The van der Waals surface area contributed by atoms with Crippen molar-refractivity contribution >= 4 is 39.6 Å². The van der Waals surface area contributed by atoms with Crippen molar-refractivity contribution in [2.24, 2.45) is 0 Å². The van der Waals surface area contributed by atoms with E-state index in [0.717, 1.165) is 22.3 Å². The summed E-state index contributed by atoms with van der Waals surface area (Å²) in [5, 5.41) is 23.2. The van der Waals surface area contributed by atoms with Gasteiger partial charge in [0.25, 0.3) is 5.91 Å². The van der Waals surface area contributed by atoms with Gasteiger partial charge in [-0.1, -0.05) is 64.5 Å². The molecule has 0 bridgehead atoms. The Kier molecular flexibility index (Phi) is 7.48. The molecule has 4 rings (SSSR count). The smallest absolute Gasteiger partial charge is 0.411 e. The molecule has 0 fully saturated rings. The van der Waals surface area contributed by atoms with Crippen LogP contribution in [0.25, 0.3) is 11.1 Å². The number of benzene rings is 3. The van der Waals surface area contributed by atoms with E-state index in [4.69, 9.17) is 9.84 Å². The number of ether oxygens (including phenoxy) is 1. The lowest BCUT2D eigenvalue weighted by Gasteiger charge is -2.16. The molecule has 1 aliphatic carbocycles. The number of anilines is 1. The zero-order chi connectivity index (χ0) is 24.9. The standard InChI is InChI=1S/C26H23BrN2O6/c27-16-11-15(24(31)29-23(9-10-30)25(32)33)12-17(13-16)28-26(34)35-14-22-20-7-3-1-5-18(20)19-6-2-4-8-21(19)22/h1-8,11-13,22-23,30H,9-10,14H2,(H,28,34)(H,29,31)(H,32,33)/t23-/m1/s1. The van der Waals surface area contributed by atoms with Gasteiger partial charge in [0.2, 0.25) is 0 Å². The van der Waals surface area contributed by atoms with E-state index in [-0.39, 0.29) is 31.1 Å². The van der Waals surface area contributed by atoms with Crippen LogP contribution in [0.1, 0.15) is 33.8 Å². The van der Waals surface area contributed by atoms with Gasteiger partial charge in [-0.25, -0.2) is 9.59 Å². The van der Waals surface area contributed by atoms with Gasteiger partial charge >= 0.3 is 12.1 Å². The molecule has 0 saturated heterocycles. The lowest BCUT2D eigenvalue weighted by molar-refractivity contribution is -0.139. The first-order valence-electron chi connectivity index (χ1n) is 10.9. The molecule has 4 N–H and O–H groups in total. The third-order valence-electron chi connectivity index (χ3n) is 5.77. The molecule has 0 saturated carbocycles. The van der Waals surface area contributed by atoms with Crippen molar-refractivity contribution in [3.8, 4) is 11.1 Å². The van der Waals surface area contributed by atoms with Gasteiger partial charge in [-0.2, -0.15) is 0 Å². The molecule has 3 aromatic carbocycles. The fourth-order valence-corrected chi connectivity index (χ4v) is 4.67. The molecule has 0 heterocycles. The first-order valence-corrected chi connectivity index (χ1v) is 11.7. The number of aliphatic hydroxyl groups is 1. The van der Waals surface area contributed by atoms with Gasteiger partial charge in [0.05, 0.1) is 0 Å². The SMILES string of the molecule is O=C(Nc1cc(Br)cc(C(=O)N[C@H](CCO)C(=O)O)c1)OCC1c2ccccc2-c2ccccc21. The molecular formula is C26H23BrN2O6. The molecule has 180 valence electrons. The quantitative estimate of drug-likeness (QED) is 0.337. The number of carbonyl (C=O) groups excluding carboxylic acids is 2. The summed E-state index contributed by atoms with van der Waals surface area (Å²) in [6.07, 6.45) is -0.806. The zero-order valence-electron chi connectivity index (χ0n) is 18.5. The molecule has 2 amide bonds. The van der Waals surface area contributed by atoms with Crippen molar-refractivity contribution in [1.29, 1.82) is 0 Å². The van der Waals surface area contributed by atoms with E-state index in [9.17, 15) is 19.5 Å². The van der Waals surface area contributed by atoms with Crippen LogP contribution in [0.2, 0.25) is 0 Å². The maximum absolute atomic E-state index is 12.6. The number of carboxylic acid groups (broad SMARTS) is 1. The van der Waals surface area contributed by atoms with Crippen molar-refractivity contribution in [2.45, 2.75) is 18.4 Å². The number of aliphatic hydroxyl groups excluding tert-OH is 1. The minimum absolute atomic E-state index is 0.0866. The molecular weight excluding hydrogens is 516 g/mol. The van der Waals surface area contributed by atoms with Crippen LogP contribution in [0.3, 0.4) is 0 Å². The molecule has 35 heavy (non-hydrogen) atoms. The van der Waals surface area contributed by atoms with E-state index in [0.29, 0.717) is 10.2 Å². The van der Waals surface area contributed by atoms with Gasteiger partial charge in [0.15, 0.2) is 0 Å². The Morgan fingerprint density at radius 3 is 2.20 bits per heavy atom. The number of nitrogens with one attached hydrogen (secondary N) is 2. The molecule has 3 aromatic rings. The third-order valence-corrected chi connectivity index (χ3v) is 6.23. The number of halogens is 1. The second kappa shape index (κ2) is 10.7. The van der Waals surface area contributed by atoms with Crippen LogP contribution in [0.15, 0.2) is 71.2 Å². The van der Waals surface area contributed by atoms with Crippen LogP contribution in [-0.2, 0) is 9.53 Å². The predicted molar refractivity (Wildman–Crippen MR) is 133 cm³/mol. The summed E-state index contributed by atoms with van der Waals surface area (Å²) < 4.78 is 6.05. The third kappa shape index (κ3) is 5.52. The van der Waals surface area contributed by atoms with Crippen molar-refractivity contribution in [1.82, 2.24) is 5.32 Å². The van der Waals surface area contributed by atoms with E-state index in [2.05, 4.69) is 38.7 Å². The zero-order valence-corrected chi connectivity index (χ0v) is 20.1. The Labute approximate surface area is 210 Å². The maximum atomic E-state index is 12.6. The Bertz CT molecular complexity index is 1230. The normalized spacial score (nSPS) is 12.9. The van der Waals surface area contributed by atoms with E-state index < -0.39 is 24.0 Å². The highest BCUT2D eigenvalue weighted by Crippen LogP contribution is 2.44. The summed E-state index contributed by atoms with van der Waals surface area (Å²) in [4.78, 5) is 36.4. The Balaban J connectivity index is 1.43. The number of hydrogen-bond donors (Lipinski definition) is 4. The minimum Gasteiger partial charge on any atom is -0.480 e. The summed E-state index contributed by atoms with van der Waals surface area (Å²) in [5.41, 5.74) is 4.88. The largest absolute Gasteiger partial charge is 0.480 e. The molecule has 0 spiro atoms. The molecule has 0 aromatic heterocycles. The molecule has 1 aliphatic rings. The summed E-state index contributed by atoms with van der Waals surface area (Å²) in [6, 6.07) is 19.3. The fraction of sp³-hybridized carbons (Fsp3) is 0.192. The number of amides is 2. The first kappa shape index (κ1) is 24.4. The number of carbonyl (C=O) groups is 3. The number of rotatable bonds is 8. The highest BCUT2D eigenvalue weighted by molar-refractivity contribution is 9.10. The van der Waals surface area contributed by atoms with E-state index in [1.165, 1.54) is 12.1 Å². The van der Waals surface area contributed by atoms with Crippen molar-refractivity contribution in [3.05, 3.63) is 87.9 Å². The molecule has 0 radical (unpaired) electrons. The van der Waals surface area contributed by atoms with Gasteiger partial charge in [-0.15, -0.1) is 0 Å². The fourth-order valence-electron chi connectivity index (χ4n) is 4.17. The van der Waals surface area contributed by atoms with Crippen molar-refractivity contribution in [2.75, 3.05) is 18.5 Å². The summed E-state index contributed by atoms with van der Waals surface area (Å²) in [7, 11) is 0.